The van der Waals surface area contributed by atoms with E-state index >= 15 is 0 Å². The van der Waals surface area contributed by atoms with Crippen molar-refractivity contribution in [3.8, 4) is 5.75 Å². The highest BCUT2D eigenvalue weighted by molar-refractivity contribution is 5.84. The van der Waals surface area contributed by atoms with E-state index in [0.717, 1.165) is 11.3 Å². The van der Waals surface area contributed by atoms with Gasteiger partial charge in [-0.1, -0.05) is 18.2 Å². The Morgan fingerprint density at radius 3 is 2.71 bits per heavy atom. The number of likely N-dealkylation sites (N-methyl/N-ethyl adjacent to an activating group) is 1. The summed E-state index contributed by atoms with van der Waals surface area (Å²) in [5, 5.41) is 13.8. The average molecular weight is 379 g/mol. The number of rotatable bonds is 3. The number of nitro benzene ring substituents is 1. The van der Waals surface area contributed by atoms with Crippen molar-refractivity contribution >= 4 is 23.4 Å². The Hall–Kier alpha value is -3.35. The molecule has 2 heterocycles. The molecular weight excluding hydrogens is 358 g/mol. The summed E-state index contributed by atoms with van der Waals surface area (Å²) in [5.74, 6) is 0.425. The number of carbonyl (C=O) groups excluding carboxylic acids is 1. The monoisotopic (exact) mass is 379 g/mol. The zero-order valence-corrected chi connectivity index (χ0v) is 15.9. The Labute approximate surface area is 162 Å². The van der Waals surface area contributed by atoms with E-state index in [2.05, 4.69) is 19.2 Å². The lowest BCUT2D eigenvalue weighted by Crippen LogP contribution is -2.61. The van der Waals surface area contributed by atoms with Crippen LogP contribution in [0.1, 0.15) is 25.0 Å². The number of nitrogens with one attached hydrogen (secondary N) is 1. The van der Waals surface area contributed by atoms with Crippen LogP contribution in [-0.2, 0) is 10.2 Å². The van der Waals surface area contributed by atoms with Crippen LogP contribution in [0.25, 0.3) is 6.08 Å². The highest BCUT2D eigenvalue weighted by Gasteiger charge is 2.59. The molecule has 2 aromatic rings. The van der Waals surface area contributed by atoms with Gasteiger partial charge >= 0.3 is 0 Å². The Morgan fingerprint density at radius 2 is 2.00 bits per heavy atom. The number of carbonyl (C=O) groups is 1. The lowest BCUT2D eigenvalue weighted by molar-refractivity contribution is -0.384. The maximum absolute atomic E-state index is 12.3. The number of fused-ring (bicyclic) bond motifs is 2. The molecule has 1 N–H and O–H groups in total. The zero-order chi connectivity index (χ0) is 20.1. The van der Waals surface area contributed by atoms with Crippen molar-refractivity contribution in [3.05, 3.63) is 69.8 Å². The first kappa shape index (κ1) is 18.0. The number of hydrogen-bond acceptors (Lipinski definition) is 5. The number of amides is 1. The minimum atomic E-state index is -0.924. The van der Waals surface area contributed by atoms with E-state index in [1.54, 1.807) is 13.1 Å². The molecule has 7 heteroatoms. The third kappa shape index (κ3) is 2.39. The highest BCUT2D eigenvalue weighted by Crippen LogP contribution is 2.54. The van der Waals surface area contributed by atoms with Gasteiger partial charge in [0.2, 0.25) is 11.6 Å². The van der Waals surface area contributed by atoms with E-state index in [-0.39, 0.29) is 18.1 Å². The fraction of sp³-hybridized carbons (Fsp3) is 0.286. The van der Waals surface area contributed by atoms with Crippen LogP contribution in [0.3, 0.4) is 0 Å². The average Bonchev–Trinajstić information content (AvgIpc) is 2.86. The summed E-state index contributed by atoms with van der Waals surface area (Å²) in [5.41, 5.74) is 1.28. The van der Waals surface area contributed by atoms with Gasteiger partial charge in [-0.15, -0.1) is 0 Å². The van der Waals surface area contributed by atoms with E-state index in [0.29, 0.717) is 11.3 Å². The Kier molecular flexibility index (Phi) is 3.92. The second kappa shape index (κ2) is 6.09. The summed E-state index contributed by atoms with van der Waals surface area (Å²) >= 11 is 0. The topological polar surface area (TPSA) is 84.7 Å². The zero-order valence-electron chi connectivity index (χ0n) is 15.9. The predicted octanol–water partition coefficient (Wildman–Crippen LogP) is 3.24. The SMILES string of the molecule is CNC(=O)CN1c2ccccc2C(C)(C)[C@]12C=Cc1cc([N+](=O)[O-])ccc1O2. The van der Waals surface area contributed by atoms with Crippen molar-refractivity contribution in [2.24, 2.45) is 0 Å². The van der Waals surface area contributed by atoms with Crippen molar-refractivity contribution in [2.75, 3.05) is 18.5 Å². The molecule has 0 aliphatic carbocycles. The van der Waals surface area contributed by atoms with E-state index < -0.39 is 16.1 Å². The number of hydrogen-bond donors (Lipinski definition) is 1. The summed E-state index contributed by atoms with van der Waals surface area (Å²) in [6.45, 7) is 4.29. The van der Waals surface area contributed by atoms with Gasteiger partial charge in [-0.3, -0.25) is 14.9 Å². The number of anilines is 1. The molecule has 7 nitrogen and oxygen atoms in total. The standard InChI is InChI=1S/C21H21N3O4/c1-20(2)16-6-4-5-7-17(16)23(13-19(25)22-3)21(20)11-10-14-12-15(24(26)27)8-9-18(14)28-21/h4-12H,13H2,1-3H3,(H,22,25)/t21-/m1/s1. The Bertz CT molecular complexity index is 1010. The predicted molar refractivity (Wildman–Crippen MR) is 106 cm³/mol. The maximum Gasteiger partial charge on any atom is 0.270 e. The first-order valence-corrected chi connectivity index (χ1v) is 9.04. The van der Waals surface area contributed by atoms with Gasteiger partial charge < -0.3 is 15.0 Å². The molecule has 2 aromatic carbocycles. The molecule has 0 aromatic heterocycles. The van der Waals surface area contributed by atoms with Crippen molar-refractivity contribution < 1.29 is 14.5 Å². The van der Waals surface area contributed by atoms with E-state index in [1.165, 1.54) is 12.1 Å². The number of nitro groups is 1. The van der Waals surface area contributed by atoms with Gasteiger partial charge in [0, 0.05) is 30.4 Å². The van der Waals surface area contributed by atoms with Crippen LogP contribution in [0.4, 0.5) is 11.4 Å². The summed E-state index contributed by atoms with van der Waals surface area (Å²) in [7, 11) is 1.61. The van der Waals surface area contributed by atoms with Crippen LogP contribution in [0.15, 0.2) is 48.5 Å². The molecule has 0 saturated heterocycles. The van der Waals surface area contributed by atoms with E-state index in [9.17, 15) is 14.9 Å². The van der Waals surface area contributed by atoms with E-state index in [4.69, 9.17) is 4.74 Å². The van der Waals surface area contributed by atoms with Gasteiger partial charge in [-0.25, -0.2) is 0 Å². The lowest BCUT2D eigenvalue weighted by Gasteiger charge is -2.46. The Morgan fingerprint density at radius 1 is 1.25 bits per heavy atom. The second-order valence-corrected chi connectivity index (χ2v) is 7.51. The first-order valence-electron chi connectivity index (χ1n) is 9.04. The van der Waals surface area contributed by atoms with Crippen LogP contribution in [0.2, 0.25) is 0 Å². The summed E-state index contributed by atoms with van der Waals surface area (Å²) in [6, 6.07) is 12.5. The van der Waals surface area contributed by atoms with Crippen LogP contribution in [-0.4, -0.2) is 30.1 Å². The van der Waals surface area contributed by atoms with E-state index in [1.807, 2.05) is 41.3 Å². The lowest BCUT2D eigenvalue weighted by atomic mass is 9.76. The van der Waals surface area contributed by atoms with Crippen LogP contribution < -0.4 is 15.0 Å². The minimum Gasteiger partial charge on any atom is -0.463 e. The smallest absolute Gasteiger partial charge is 0.270 e. The first-order chi connectivity index (χ1) is 13.3. The molecule has 0 radical (unpaired) electrons. The molecule has 2 aliphatic rings. The molecular formula is C21H21N3O4. The number of ether oxygens (including phenoxy) is 1. The minimum absolute atomic E-state index is 0.0131. The number of benzene rings is 2. The number of para-hydroxylation sites is 1. The third-order valence-corrected chi connectivity index (χ3v) is 5.70. The van der Waals surface area contributed by atoms with Gasteiger partial charge in [0.15, 0.2) is 0 Å². The van der Waals surface area contributed by atoms with Crippen LogP contribution in [0, 0.1) is 10.1 Å². The van der Waals surface area contributed by atoms with Gasteiger partial charge in [0.05, 0.1) is 10.3 Å². The molecule has 2 aliphatic heterocycles. The van der Waals surface area contributed by atoms with Crippen LogP contribution in [0.5, 0.6) is 5.75 Å². The molecule has 0 bridgehead atoms. The summed E-state index contributed by atoms with van der Waals surface area (Å²) in [4.78, 5) is 24.9. The molecule has 28 heavy (non-hydrogen) atoms. The van der Waals surface area contributed by atoms with Gasteiger partial charge in [-0.2, -0.15) is 0 Å². The molecule has 1 amide bonds. The van der Waals surface area contributed by atoms with Crippen LogP contribution >= 0.6 is 0 Å². The van der Waals surface area contributed by atoms with Crippen molar-refractivity contribution in [3.63, 3.8) is 0 Å². The van der Waals surface area contributed by atoms with Gasteiger partial charge in [0.1, 0.15) is 12.3 Å². The Balaban J connectivity index is 1.86. The summed E-state index contributed by atoms with van der Waals surface area (Å²) < 4.78 is 6.51. The molecule has 0 unspecified atom stereocenters. The molecule has 0 saturated carbocycles. The quantitative estimate of drug-likeness (QED) is 0.654. The normalized spacial score (nSPS) is 21.0. The highest BCUT2D eigenvalue weighted by atomic mass is 16.6. The van der Waals surface area contributed by atoms with Gasteiger partial charge in [-0.05, 0) is 43.7 Å². The fourth-order valence-electron chi connectivity index (χ4n) is 4.13. The number of non-ortho nitro benzene ring substituents is 1. The largest absolute Gasteiger partial charge is 0.463 e. The van der Waals surface area contributed by atoms with Gasteiger partial charge in [0.25, 0.3) is 5.69 Å². The fourth-order valence-corrected chi connectivity index (χ4v) is 4.13. The molecule has 0 fully saturated rings. The molecule has 144 valence electrons. The third-order valence-electron chi connectivity index (χ3n) is 5.70. The molecule has 4 rings (SSSR count). The second-order valence-electron chi connectivity index (χ2n) is 7.51. The molecule has 1 spiro atoms. The van der Waals surface area contributed by atoms with Crippen molar-refractivity contribution in [1.29, 1.82) is 0 Å². The van der Waals surface area contributed by atoms with Crippen molar-refractivity contribution in [1.82, 2.24) is 5.32 Å². The van der Waals surface area contributed by atoms with Crippen molar-refractivity contribution in [2.45, 2.75) is 25.0 Å². The molecule has 1 atom stereocenters. The summed E-state index contributed by atoms with van der Waals surface area (Å²) in [6.07, 6.45) is 3.75. The number of nitrogens with zero attached hydrogens (tertiary/aromatic N) is 2. The maximum atomic E-state index is 12.3.